The highest BCUT2D eigenvalue weighted by atomic mass is 32.1. The molecule has 6 rings (SSSR count). The Kier molecular flexibility index (Phi) is 4.39. The summed E-state index contributed by atoms with van der Waals surface area (Å²) in [6, 6.07) is 14.5. The van der Waals surface area contributed by atoms with Crippen LogP contribution in [0.25, 0.3) is 32.4 Å². The predicted octanol–water partition coefficient (Wildman–Crippen LogP) is 6.48. The van der Waals surface area contributed by atoms with Crippen LogP contribution in [0.4, 0.5) is 11.5 Å². The number of hydrogen-bond acceptors (Lipinski definition) is 6. The molecule has 5 nitrogen and oxygen atoms in total. The SMILES string of the molecule is CCc1cncc(-c2cc3ncccc3c(Nc3ccc4nc(C5CC5)sc4c3)n2)c1. The molecule has 0 bridgehead atoms. The van der Waals surface area contributed by atoms with Crippen molar-refractivity contribution < 1.29 is 0 Å². The van der Waals surface area contributed by atoms with Gasteiger partial charge in [-0.25, -0.2) is 9.97 Å². The second-order valence-electron chi connectivity index (χ2n) is 8.00. The van der Waals surface area contributed by atoms with E-state index < -0.39 is 0 Å². The first-order valence-corrected chi connectivity index (χ1v) is 11.5. The summed E-state index contributed by atoms with van der Waals surface area (Å²) in [5, 5.41) is 5.80. The van der Waals surface area contributed by atoms with Gasteiger partial charge in [0, 0.05) is 41.1 Å². The Bertz CT molecular complexity index is 1420. The highest BCUT2D eigenvalue weighted by molar-refractivity contribution is 7.18. The van der Waals surface area contributed by atoms with E-state index in [1.807, 2.05) is 42.1 Å². The van der Waals surface area contributed by atoms with Crippen molar-refractivity contribution in [3.05, 3.63) is 71.6 Å². The molecular weight excluding hydrogens is 402 g/mol. The zero-order valence-corrected chi connectivity index (χ0v) is 18.0. The number of hydrogen-bond donors (Lipinski definition) is 1. The molecule has 1 saturated carbocycles. The fourth-order valence-electron chi connectivity index (χ4n) is 3.80. The second-order valence-corrected chi connectivity index (χ2v) is 9.06. The molecule has 1 N–H and O–H groups in total. The molecule has 0 spiro atoms. The molecule has 1 aliphatic rings. The van der Waals surface area contributed by atoms with Crippen LogP contribution in [0.3, 0.4) is 0 Å². The number of anilines is 2. The fourth-order valence-corrected chi connectivity index (χ4v) is 4.98. The first-order chi connectivity index (χ1) is 15.3. The Hall–Kier alpha value is -3.38. The lowest BCUT2D eigenvalue weighted by Gasteiger charge is -2.12. The van der Waals surface area contributed by atoms with Crippen LogP contribution in [0.2, 0.25) is 0 Å². The zero-order valence-electron chi connectivity index (χ0n) is 17.2. The van der Waals surface area contributed by atoms with Crippen LogP contribution < -0.4 is 5.32 Å². The predicted molar refractivity (Wildman–Crippen MR) is 127 cm³/mol. The third kappa shape index (κ3) is 3.53. The van der Waals surface area contributed by atoms with Gasteiger partial charge in [-0.05, 0) is 67.3 Å². The first-order valence-electron chi connectivity index (χ1n) is 10.6. The first kappa shape index (κ1) is 18.4. The molecule has 152 valence electrons. The lowest BCUT2D eigenvalue weighted by atomic mass is 10.1. The van der Waals surface area contributed by atoms with Crippen molar-refractivity contribution in [1.82, 2.24) is 19.9 Å². The van der Waals surface area contributed by atoms with E-state index in [9.17, 15) is 0 Å². The van der Waals surface area contributed by atoms with Gasteiger partial charge in [-0.15, -0.1) is 11.3 Å². The average molecular weight is 424 g/mol. The van der Waals surface area contributed by atoms with Crippen molar-refractivity contribution in [3.63, 3.8) is 0 Å². The van der Waals surface area contributed by atoms with Crippen LogP contribution in [0, 0.1) is 0 Å². The molecule has 0 aliphatic heterocycles. The maximum atomic E-state index is 4.96. The van der Waals surface area contributed by atoms with Gasteiger partial charge < -0.3 is 5.32 Å². The summed E-state index contributed by atoms with van der Waals surface area (Å²) in [6.07, 6.45) is 9.07. The highest BCUT2D eigenvalue weighted by Gasteiger charge is 2.27. The third-order valence-electron chi connectivity index (χ3n) is 5.69. The van der Waals surface area contributed by atoms with Gasteiger partial charge in [0.2, 0.25) is 0 Å². The number of nitrogens with one attached hydrogen (secondary N) is 1. The van der Waals surface area contributed by atoms with Crippen LogP contribution >= 0.6 is 11.3 Å². The van der Waals surface area contributed by atoms with E-state index in [-0.39, 0.29) is 0 Å². The number of rotatable bonds is 5. The summed E-state index contributed by atoms with van der Waals surface area (Å²) in [6.45, 7) is 2.13. The topological polar surface area (TPSA) is 63.6 Å². The smallest absolute Gasteiger partial charge is 0.140 e. The van der Waals surface area contributed by atoms with Gasteiger partial charge in [0.05, 0.1) is 26.4 Å². The second kappa shape index (κ2) is 7.39. The molecule has 0 saturated heterocycles. The fraction of sp³-hybridized carbons (Fsp3) is 0.200. The van der Waals surface area contributed by atoms with Gasteiger partial charge in [0.25, 0.3) is 0 Å². The third-order valence-corrected chi connectivity index (χ3v) is 6.87. The van der Waals surface area contributed by atoms with Crippen LogP contribution in [-0.2, 0) is 6.42 Å². The molecule has 4 heterocycles. The van der Waals surface area contributed by atoms with Gasteiger partial charge >= 0.3 is 0 Å². The summed E-state index contributed by atoms with van der Waals surface area (Å²) < 4.78 is 1.21. The van der Waals surface area contributed by atoms with Crippen LogP contribution in [-0.4, -0.2) is 19.9 Å². The highest BCUT2D eigenvalue weighted by Crippen LogP contribution is 2.43. The molecule has 31 heavy (non-hydrogen) atoms. The zero-order chi connectivity index (χ0) is 20.8. The van der Waals surface area contributed by atoms with Crippen LogP contribution in [0.15, 0.2) is 61.1 Å². The van der Waals surface area contributed by atoms with E-state index in [2.05, 4.69) is 52.5 Å². The van der Waals surface area contributed by atoms with Crippen molar-refractivity contribution in [2.75, 3.05) is 5.32 Å². The van der Waals surface area contributed by atoms with Crippen LogP contribution in [0.5, 0.6) is 0 Å². The Labute approximate surface area is 184 Å². The number of thiazole rings is 1. The van der Waals surface area contributed by atoms with Crippen molar-refractivity contribution in [3.8, 4) is 11.3 Å². The number of nitrogens with zero attached hydrogens (tertiary/aromatic N) is 4. The van der Waals surface area contributed by atoms with Crippen molar-refractivity contribution >= 4 is 44.0 Å². The minimum atomic E-state index is 0.676. The molecule has 0 atom stereocenters. The molecule has 1 fully saturated rings. The minimum absolute atomic E-state index is 0.676. The van der Waals surface area contributed by atoms with Crippen LogP contribution in [0.1, 0.15) is 36.3 Å². The van der Waals surface area contributed by atoms with E-state index in [0.29, 0.717) is 5.92 Å². The average Bonchev–Trinajstić information content (AvgIpc) is 3.58. The minimum Gasteiger partial charge on any atom is -0.340 e. The van der Waals surface area contributed by atoms with E-state index in [1.165, 1.54) is 28.1 Å². The van der Waals surface area contributed by atoms with E-state index in [4.69, 9.17) is 9.97 Å². The molecule has 1 aromatic carbocycles. The van der Waals surface area contributed by atoms with E-state index in [1.54, 1.807) is 0 Å². The summed E-state index contributed by atoms with van der Waals surface area (Å²) >= 11 is 1.81. The van der Waals surface area contributed by atoms with E-state index in [0.717, 1.165) is 45.6 Å². The Morgan fingerprint density at radius 3 is 2.84 bits per heavy atom. The Morgan fingerprint density at radius 2 is 1.97 bits per heavy atom. The normalized spacial score (nSPS) is 13.7. The number of fused-ring (bicyclic) bond motifs is 2. The number of aryl methyl sites for hydroxylation is 1. The number of aromatic nitrogens is 4. The van der Waals surface area contributed by atoms with E-state index >= 15 is 0 Å². The molecule has 0 unspecified atom stereocenters. The summed E-state index contributed by atoms with van der Waals surface area (Å²) in [7, 11) is 0. The molecule has 0 amide bonds. The molecule has 4 aromatic heterocycles. The maximum Gasteiger partial charge on any atom is 0.140 e. The quantitative estimate of drug-likeness (QED) is 0.350. The summed E-state index contributed by atoms with van der Waals surface area (Å²) in [5.74, 6) is 1.48. The van der Waals surface area contributed by atoms with Crippen molar-refractivity contribution in [2.24, 2.45) is 0 Å². The lowest BCUT2D eigenvalue weighted by Crippen LogP contribution is -1.98. The molecule has 5 aromatic rings. The Balaban J connectivity index is 1.43. The van der Waals surface area contributed by atoms with Gasteiger partial charge in [-0.3, -0.25) is 9.97 Å². The standard InChI is InChI=1S/C25H21N5S/c1-2-15-10-17(14-26-13-15)21-12-22-19(4-3-9-27-22)24(29-21)28-18-7-8-20-23(11-18)31-25(30-20)16-5-6-16/h3-4,7-14,16H,2,5-6H2,1H3,(H,28,29). The lowest BCUT2D eigenvalue weighted by molar-refractivity contribution is 1.10. The van der Waals surface area contributed by atoms with Gasteiger partial charge in [-0.1, -0.05) is 6.92 Å². The molecule has 6 heteroatoms. The maximum absolute atomic E-state index is 4.96. The molecule has 1 aliphatic carbocycles. The van der Waals surface area contributed by atoms with Gasteiger partial charge in [-0.2, -0.15) is 0 Å². The Morgan fingerprint density at radius 1 is 1.03 bits per heavy atom. The number of benzene rings is 1. The monoisotopic (exact) mass is 423 g/mol. The summed E-state index contributed by atoms with van der Waals surface area (Å²) in [4.78, 5) is 18.7. The largest absolute Gasteiger partial charge is 0.340 e. The summed E-state index contributed by atoms with van der Waals surface area (Å²) in [5.41, 5.74) is 6.05. The number of pyridine rings is 3. The van der Waals surface area contributed by atoms with Crippen molar-refractivity contribution in [2.45, 2.75) is 32.1 Å². The molecular formula is C25H21N5S. The van der Waals surface area contributed by atoms with Gasteiger partial charge in [0.15, 0.2) is 0 Å². The van der Waals surface area contributed by atoms with Gasteiger partial charge in [0.1, 0.15) is 5.82 Å². The van der Waals surface area contributed by atoms with Crippen molar-refractivity contribution in [1.29, 1.82) is 0 Å². The molecule has 0 radical (unpaired) electrons.